The minimum absolute atomic E-state index is 0.0329. The standard InChI is InChI=1S/C13H21N3O2/c1-3-9-5-4-6-10(7-9)18-13(17)12-11(14)8-15-16(12)2/h8-10H,3-7,14H2,1-2H3. The summed E-state index contributed by atoms with van der Waals surface area (Å²) in [5.74, 6) is 0.328. The lowest BCUT2D eigenvalue weighted by Gasteiger charge is -2.28. The Morgan fingerprint density at radius 3 is 3.00 bits per heavy atom. The molecule has 1 aromatic rings. The smallest absolute Gasteiger partial charge is 0.359 e. The Morgan fingerprint density at radius 1 is 1.61 bits per heavy atom. The van der Waals surface area contributed by atoms with Crippen molar-refractivity contribution in [2.75, 3.05) is 5.73 Å². The van der Waals surface area contributed by atoms with Crippen molar-refractivity contribution in [1.82, 2.24) is 9.78 Å². The van der Waals surface area contributed by atoms with E-state index < -0.39 is 0 Å². The van der Waals surface area contributed by atoms with Gasteiger partial charge in [-0.1, -0.05) is 19.8 Å². The van der Waals surface area contributed by atoms with E-state index in [0.717, 1.165) is 25.7 Å². The summed E-state index contributed by atoms with van der Waals surface area (Å²) in [4.78, 5) is 12.0. The van der Waals surface area contributed by atoms with Crippen LogP contribution in [0.4, 0.5) is 5.69 Å². The zero-order valence-electron chi connectivity index (χ0n) is 11.1. The molecule has 2 N–H and O–H groups in total. The average Bonchev–Trinajstić information content (AvgIpc) is 2.69. The van der Waals surface area contributed by atoms with Gasteiger partial charge in [0.2, 0.25) is 0 Å². The van der Waals surface area contributed by atoms with Crippen LogP contribution in [-0.4, -0.2) is 21.9 Å². The molecule has 1 aliphatic carbocycles. The highest BCUT2D eigenvalue weighted by Gasteiger charge is 2.26. The first-order chi connectivity index (χ1) is 8.61. The zero-order chi connectivity index (χ0) is 13.1. The maximum absolute atomic E-state index is 12.0. The number of esters is 1. The van der Waals surface area contributed by atoms with Crippen LogP contribution in [0.3, 0.4) is 0 Å². The third-order valence-electron chi connectivity index (χ3n) is 3.75. The van der Waals surface area contributed by atoms with Gasteiger partial charge < -0.3 is 10.5 Å². The number of nitrogen functional groups attached to an aromatic ring is 1. The Balaban J connectivity index is 1.99. The highest BCUT2D eigenvalue weighted by Crippen LogP contribution is 2.29. The molecule has 0 bridgehead atoms. The summed E-state index contributed by atoms with van der Waals surface area (Å²) in [6, 6.07) is 0. The van der Waals surface area contributed by atoms with Gasteiger partial charge in [-0.3, -0.25) is 4.68 Å². The number of carbonyl (C=O) groups is 1. The molecule has 2 rings (SSSR count). The summed E-state index contributed by atoms with van der Waals surface area (Å²) in [6.07, 6.45) is 6.98. The van der Waals surface area contributed by atoms with E-state index >= 15 is 0 Å². The van der Waals surface area contributed by atoms with Crippen molar-refractivity contribution in [3.63, 3.8) is 0 Å². The van der Waals surface area contributed by atoms with E-state index in [2.05, 4.69) is 12.0 Å². The summed E-state index contributed by atoms with van der Waals surface area (Å²) < 4.78 is 7.02. The highest BCUT2D eigenvalue weighted by molar-refractivity contribution is 5.93. The molecule has 0 spiro atoms. The van der Waals surface area contributed by atoms with Gasteiger partial charge >= 0.3 is 5.97 Å². The molecule has 5 nitrogen and oxygen atoms in total. The van der Waals surface area contributed by atoms with Gasteiger partial charge in [0.1, 0.15) is 6.10 Å². The average molecular weight is 251 g/mol. The molecule has 2 unspecified atom stereocenters. The van der Waals surface area contributed by atoms with Gasteiger partial charge in [0.15, 0.2) is 5.69 Å². The van der Waals surface area contributed by atoms with Gasteiger partial charge in [-0.05, 0) is 25.2 Å². The first-order valence-corrected chi connectivity index (χ1v) is 6.60. The van der Waals surface area contributed by atoms with E-state index in [-0.39, 0.29) is 12.1 Å². The van der Waals surface area contributed by atoms with Gasteiger partial charge in [-0.2, -0.15) is 5.10 Å². The minimum atomic E-state index is -0.353. The molecule has 1 saturated carbocycles. The molecule has 1 fully saturated rings. The van der Waals surface area contributed by atoms with Gasteiger partial charge in [0.25, 0.3) is 0 Å². The summed E-state index contributed by atoms with van der Waals surface area (Å²) in [5, 5.41) is 3.95. The van der Waals surface area contributed by atoms with E-state index in [0.29, 0.717) is 17.3 Å². The van der Waals surface area contributed by atoms with E-state index in [1.807, 2.05) is 0 Å². The van der Waals surface area contributed by atoms with Crippen molar-refractivity contribution < 1.29 is 9.53 Å². The number of hydrogen-bond acceptors (Lipinski definition) is 4. The zero-order valence-corrected chi connectivity index (χ0v) is 11.1. The highest BCUT2D eigenvalue weighted by atomic mass is 16.5. The Bertz CT molecular complexity index is 408. The summed E-state index contributed by atoms with van der Waals surface area (Å²) in [7, 11) is 1.70. The molecule has 18 heavy (non-hydrogen) atoms. The third kappa shape index (κ3) is 2.66. The Labute approximate surface area is 107 Å². The first kappa shape index (κ1) is 12.9. The number of nitrogens with zero attached hydrogens (tertiary/aromatic N) is 2. The summed E-state index contributed by atoms with van der Waals surface area (Å²) >= 11 is 0. The number of nitrogens with two attached hydrogens (primary N) is 1. The molecule has 1 aromatic heterocycles. The number of carbonyl (C=O) groups excluding carboxylic acids is 1. The lowest BCUT2D eigenvalue weighted by atomic mass is 9.85. The van der Waals surface area contributed by atoms with Crippen LogP contribution < -0.4 is 5.73 Å². The van der Waals surface area contributed by atoms with E-state index in [4.69, 9.17) is 10.5 Å². The Kier molecular flexibility index (Phi) is 3.89. The van der Waals surface area contributed by atoms with Crippen molar-refractivity contribution in [2.24, 2.45) is 13.0 Å². The quantitative estimate of drug-likeness (QED) is 0.835. The maximum Gasteiger partial charge on any atom is 0.359 e. The van der Waals surface area contributed by atoms with E-state index in [1.165, 1.54) is 17.3 Å². The molecule has 0 aromatic carbocycles. The van der Waals surface area contributed by atoms with Gasteiger partial charge in [0.05, 0.1) is 11.9 Å². The fraction of sp³-hybridized carbons (Fsp3) is 0.692. The molecule has 0 aliphatic heterocycles. The molecule has 2 atom stereocenters. The first-order valence-electron chi connectivity index (χ1n) is 6.60. The van der Waals surface area contributed by atoms with Gasteiger partial charge in [-0.15, -0.1) is 0 Å². The van der Waals surface area contributed by atoms with Gasteiger partial charge in [0, 0.05) is 7.05 Å². The lowest BCUT2D eigenvalue weighted by Crippen LogP contribution is -2.26. The lowest BCUT2D eigenvalue weighted by molar-refractivity contribution is 0.0129. The van der Waals surface area contributed by atoms with Crippen LogP contribution in [0, 0.1) is 5.92 Å². The number of rotatable bonds is 3. The van der Waals surface area contributed by atoms with Crippen molar-refractivity contribution in [1.29, 1.82) is 0 Å². The topological polar surface area (TPSA) is 70.1 Å². The number of aromatic nitrogens is 2. The van der Waals surface area contributed by atoms with Crippen molar-refractivity contribution >= 4 is 11.7 Å². The Morgan fingerprint density at radius 2 is 2.39 bits per heavy atom. The van der Waals surface area contributed by atoms with Gasteiger partial charge in [-0.25, -0.2) is 4.79 Å². The molecule has 5 heteroatoms. The fourth-order valence-electron chi connectivity index (χ4n) is 2.63. The van der Waals surface area contributed by atoms with Crippen LogP contribution >= 0.6 is 0 Å². The predicted octanol–water partition coefficient (Wildman–Crippen LogP) is 2.13. The maximum atomic E-state index is 12.0. The van der Waals surface area contributed by atoms with Crippen LogP contribution in [0.1, 0.15) is 49.5 Å². The minimum Gasteiger partial charge on any atom is -0.458 e. The molecular formula is C13H21N3O2. The molecule has 100 valence electrons. The second kappa shape index (κ2) is 5.42. The second-order valence-corrected chi connectivity index (χ2v) is 5.04. The largest absolute Gasteiger partial charge is 0.458 e. The predicted molar refractivity (Wildman–Crippen MR) is 69.1 cm³/mol. The normalized spacial score (nSPS) is 23.9. The number of ether oxygens (including phenoxy) is 1. The van der Waals surface area contributed by atoms with E-state index in [9.17, 15) is 4.79 Å². The van der Waals surface area contributed by atoms with E-state index in [1.54, 1.807) is 7.05 Å². The van der Waals surface area contributed by atoms with Crippen molar-refractivity contribution in [3.05, 3.63) is 11.9 Å². The number of aryl methyl sites for hydroxylation is 1. The number of anilines is 1. The van der Waals surface area contributed by atoms with Crippen LogP contribution in [0.15, 0.2) is 6.20 Å². The second-order valence-electron chi connectivity index (χ2n) is 5.04. The molecule has 0 amide bonds. The molecule has 0 radical (unpaired) electrons. The van der Waals surface area contributed by atoms with Crippen LogP contribution in [0.2, 0.25) is 0 Å². The van der Waals surface area contributed by atoms with Crippen molar-refractivity contribution in [3.8, 4) is 0 Å². The monoisotopic (exact) mass is 251 g/mol. The third-order valence-corrected chi connectivity index (χ3v) is 3.75. The summed E-state index contributed by atoms with van der Waals surface area (Å²) in [5.41, 5.74) is 6.45. The molecule has 1 aliphatic rings. The molecule has 1 heterocycles. The SMILES string of the molecule is CCC1CCCC(OC(=O)c2c(N)cnn2C)C1. The van der Waals surface area contributed by atoms with Crippen LogP contribution in [0.5, 0.6) is 0 Å². The molecule has 0 saturated heterocycles. The molecular weight excluding hydrogens is 230 g/mol. The van der Waals surface area contributed by atoms with Crippen LogP contribution in [-0.2, 0) is 11.8 Å². The van der Waals surface area contributed by atoms with Crippen molar-refractivity contribution in [2.45, 2.75) is 45.1 Å². The summed E-state index contributed by atoms with van der Waals surface area (Å²) in [6.45, 7) is 2.19. The van der Waals surface area contributed by atoms with Crippen LogP contribution in [0.25, 0.3) is 0 Å². The number of hydrogen-bond donors (Lipinski definition) is 1. The Hall–Kier alpha value is -1.52. The fourth-order valence-corrected chi connectivity index (χ4v) is 2.63.